The average Bonchev–Trinajstić information content (AvgIpc) is 2.41. The van der Waals surface area contributed by atoms with E-state index in [1.54, 1.807) is 18.3 Å². The molecule has 0 aliphatic rings. The fourth-order valence-corrected chi connectivity index (χ4v) is 1.82. The van der Waals surface area contributed by atoms with Crippen LogP contribution in [0.4, 0.5) is 10.2 Å². The second kappa shape index (κ2) is 5.75. The van der Waals surface area contributed by atoms with Crippen LogP contribution in [-0.4, -0.2) is 17.0 Å². The Kier molecular flexibility index (Phi) is 4.06. The van der Waals surface area contributed by atoms with Gasteiger partial charge in [-0.2, -0.15) is 0 Å². The molecule has 0 saturated carbocycles. The Bertz CT molecular complexity index is 566. The molecule has 2 rings (SSSR count). The van der Waals surface area contributed by atoms with Gasteiger partial charge in [0.25, 0.3) is 0 Å². The fourth-order valence-electron chi connectivity index (χ4n) is 1.70. The number of halogens is 1. The summed E-state index contributed by atoms with van der Waals surface area (Å²) in [6.07, 6.45) is 1.65. The predicted molar refractivity (Wildman–Crippen MR) is 78.6 cm³/mol. The van der Waals surface area contributed by atoms with Crippen molar-refractivity contribution in [2.45, 2.75) is 6.54 Å². The molecule has 2 N–H and O–H groups in total. The molecule has 0 aliphatic heterocycles. The van der Waals surface area contributed by atoms with Crippen molar-refractivity contribution in [1.82, 2.24) is 4.98 Å². The fraction of sp³-hybridized carbons (Fsp3) is 0.143. The van der Waals surface area contributed by atoms with Crippen LogP contribution < -0.4 is 10.6 Å². The second-order valence-electron chi connectivity index (χ2n) is 4.25. The molecule has 3 nitrogen and oxygen atoms in total. The van der Waals surface area contributed by atoms with Gasteiger partial charge in [-0.1, -0.05) is 24.4 Å². The third-order valence-corrected chi connectivity index (χ3v) is 2.99. The molecule has 0 saturated heterocycles. The summed E-state index contributed by atoms with van der Waals surface area (Å²) in [5.41, 5.74) is 7.28. The van der Waals surface area contributed by atoms with Crippen LogP contribution in [0.2, 0.25) is 0 Å². The monoisotopic (exact) mass is 275 g/mol. The lowest BCUT2D eigenvalue weighted by atomic mass is 10.2. The zero-order valence-corrected chi connectivity index (χ0v) is 11.3. The maximum Gasteiger partial charge on any atom is 0.128 e. The first-order valence-corrected chi connectivity index (χ1v) is 6.18. The van der Waals surface area contributed by atoms with Crippen LogP contribution >= 0.6 is 12.2 Å². The Morgan fingerprint density at radius 3 is 2.47 bits per heavy atom. The molecule has 1 aromatic carbocycles. The molecule has 0 unspecified atom stereocenters. The quantitative estimate of drug-likeness (QED) is 0.871. The van der Waals surface area contributed by atoms with E-state index in [0.29, 0.717) is 11.5 Å². The highest BCUT2D eigenvalue weighted by Gasteiger charge is 2.04. The maximum absolute atomic E-state index is 12.8. The normalized spacial score (nSPS) is 10.2. The minimum atomic E-state index is -0.231. The molecule has 0 atom stereocenters. The number of aromatic nitrogens is 1. The van der Waals surface area contributed by atoms with Crippen LogP contribution in [0.3, 0.4) is 0 Å². The molecule has 1 heterocycles. The Morgan fingerprint density at radius 1 is 1.26 bits per heavy atom. The molecule has 0 bridgehead atoms. The lowest BCUT2D eigenvalue weighted by molar-refractivity contribution is 0.627. The number of anilines is 1. The summed E-state index contributed by atoms with van der Waals surface area (Å²) in [6, 6.07) is 10.1. The highest BCUT2D eigenvalue weighted by Crippen LogP contribution is 2.13. The van der Waals surface area contributed by atoms with E-state index in [4.69, 9.17) is 18.0 Å². The highest BCUT2D eigenvalue weighted by molar-refractivity contribution is 7.80. The minimum absolute atomic E-state index is 0.231. The largest absolute Gasteiger partial charge is 0.389 e. The van der Waals surface area contributed by atoms with Gasteiger partial charge in [0.2, 0.25) is 0 Å². The molecule has 0 fully saturated rings. The van der Waals surface area contributed by atoms with E-state index in [1.807, 2.05) is 24.1 Å². The van der Waals surface area contributed by atoms with Gasteiger partial charge in [0, 0.05) is 25.4 Å². The van der Waals surface area contributed by atoms with Crippen LogP contribution in [0.5, 0.6) is 0 Å². The average molecular weight is 275 g/mol. The maximum atomic E-state index is 12.8. The zero-order valence-electron chi connectivity index (χ0n) is 10.5. The molecule has 0 radical (unpaired) electrons. The van der Waals surface area contributed by atoms with E-state index in [-0.39, 0.29) is 5.82 Å². The molecule has 5 heteroatoms. The van der Waals surface area contributed by atoms with Gasteiger partial charge in [0.05, 0.1) is 0 Å². The number of thiocarbonyl (C=S) groups is 1. The molecular formula is C14H14FN3S. The van der Waals surface area contributed by atoms with Crippen LogP contribution in [0.15, 0.2) is 42.6 Å². The van der Waals surface area contributed by atoms with Crippen molar-refractivity contribution >= 4 is 23.0 Å². The first-order chi connectivity index (χ1) is 9.06. The molecule has 0 amide bonds. The number of benzene rings is 1. The topological polar surface area (TPSA) is 42.1 Å². The van der Waals surface area contributed by atoms with E-state index >= 15 is 0 Å². The van der Waals surface area contributed by atoms with Crippen molar-refractivity contribution < 1.29 is 4.39 Å². The number of hydrogen-bond acceptors (Lipinski definition) is 3. The van der Waals surface area contributed by atoms with Crippen molar-refractivity contribution in [3.63, 3.8) is 0 Å². The van der Waals surface area contributed by atoms with Crippen LogP contribution in [0, 0.1) is 5.82 Å². The van der Waals surface area contributed by atoms with Crippen LogP contribution in [-0.2, 0) is 6.54 Å². The van der Waals surface area contributed by atoms with Gasteiger partial charge < -0.3 is 10.6 Å². The SMILES string of the molecule is CN(Cc1ccc(F)cc1)c1ccc(C(N)=S)cn1. The summed E-state index contributed by atoms with van der Waals surface area (Å²) in [4.78, 5) is 6.60. The predicted octanol–water partition coefficient (Wildman–Crippen LogP) is 2.49. The number of nitrogens with two attached hydrogens (primary N) is 1. The number of pyridine rings is 1. The molecule has 98 valence electrons. The number of hydrogen-bond donors (Lipinski definition) is 1. The van der Waals surface area contributed by atoms with Crippen LogP contribution in [0.1, 0.15) is 11.1 Å². The molecule has 2 aromatic rings. The minimum Gasteiger partial charge on any atom is -0.389 e. The third-order valence-electron chi connectivity index (χ3n) is 2.76. The summed E-state index contributed by atoms with van der Waals surface area (Å²) < 4.78 is 12.8. The summed E-state index contributed by atoms with van der Waals surface area (Å²) in [5, 5.41) is 0. The van der Waals surface area contributed by atoms with E-state index in [2.05, 4.69) is 4.98 Å². The zero-order chi connectivity index (χ0) is 13.8. The van der Waals surface area contributed by atoms with E-state index in [0.717, 1.165) is 16.9 Å². The lowest BCUT2D eigenvalue weighted by Gasteiger charge is -2.18. The van der Waals surface area contributed by atoms with Gasteiger partial charge in [-0.25, -0.2) is 9.37 Å². The van der Waals surface area contributed by atoms with Gasteiger partial charge in [0.1, 0.15) is 16.6 Å². The first-order valence-electron chi connectivity index (χ1n) is 5.77. The Balaban J connectivity index is 2.09. The summed E-state index contributed by atoms with van der Waals surface area (Å²) in [5.74, 6) is 0.578. The third kappa shape index (κ3) is 3.48. The van der Waals surface area contributed by atoms with Crippen molar-refractivity contribution in [1.29, 1.82) is 0 Å². The van der Waals surface area contributed by atoms with Crippen molar-refractivity contribution in [2.24, 2.45) is 5.73 Å². The molecule has 0 spiro atoms. The summed E-state index contributed by atoms with van der Waals surface area (Å²) in [6.45, 7) is 0.652. The van der Waals surface area contributed by atoms with Crippen molar-refractivity contribution in [2.75, 3.05) is 11.9 Å². The van der Waals surface area contributed by atoms with Gasteiger partial charge in [-0.3, -0.25) is 0 Å². The Hall–Kier alpha value is -2.01. The van der Waals surface area contributed by atoms with Gasteiger partial charge in [-0.15, -0.1) is 0 Å². The van der Waals surface area contributed by atoms with Crippen molar-refractivity contribution in [3.8, 4) is 0 Å². The van der Waals surface area contributed by atoms with Gasteiger partial charge >= 0.3 is 0 Å². The Morgan fingerprint density at radius 2 is 1.95 bits per heavy atom. The van der Waals surface area contributed by atoms with E-state index < -0.39 is 0 Å². The molecule has 19 heavy (non-hydrogen) atoms. The van der Waals surface area contributed by atoms with E-state index in [9.17, 15) is 4.39 Å². The van der Waals surface area contributed by atoms with Gasteiger partial charge in [0.15, 0.2) is 0 Å². The molecular weight excluding hydrogens is 261 g/mol. The standard InChI is InChI=1S/C14H14FN3S/c1-18(9-10-2-5-12(15)6-3-10)13-7-4-11(8-17-13)14(16)19/h2-8H,9H2,1H3,(H2,16,19). The molecule has 0 aliphatic carbocycles. The van der Waals surface area contributed by atoms with Crippen molar-refractivity contribution in [3.05, 3.63) is 59.5 Å². The first kappa shape index (κ1) is 13.4. The summed E-state index contributed by atoms with van der Waals surface area (Å²) in [7, 11) is 1.92. The van der Waals surface area contributed by atoms with Gasteiger partial charge in [-0.05, 0) is 29.8 Å². The number of rotatable bonds is 4. The Labute approximate surface area is 116 Å². The highest BCUT2D eigenvalue weighted by atomic mass is 32.1. The second-order valence-corrected chi connectivity index (χ2v) is 4.69. The van der Waals surface area contributed by atoms with E-state index in [1.165, 1.54) is 12.1 Å². The number of nitrogens with zero attached hydrogens (tertiary/aromatic N) is 2. The summed E-state index contributed by atoms with van der Waals surface area (Å²) >= 11 is 4.88. The lowest BCUT2D eigenvalue weighted by Crippen LogP contribution is -2.18. The molecule has 1 aromatic heterocycles. The smallest absolute Gasteiger partial charge is 0.128 e. The van der Waals surface area contributed by atoms with Crippen LogP contribution in [0.25, 0.3) is 0 Å².